The number of amides is 1. The monoisotopic (exact) mass is 325 g/mol. The molecular weight excluding hydrogens is 309 g/mol. The van der Waals surface area contributed by atoms with Gasteiger partial charge >= 0.3 is 0 Å². The van der Waals surface area contributed by atoms with Crippen molar-refractivity contribution in [2.24, 2.45) is 5.92 Å². The van der Waals surface area contributed by atoms with Gasteiger partial charge in [-0.1, -0.05) is 29.3 Å². The molecule has 1 aliphatic heterocycles. The Morgan fingerprint density at radius 2 is 1.86 bits per heavy atom. The van der Waals surface area contributed by atoms with E-state index in [2.05, 4.69) is 0 Å². The number of carbonyl (C=O) groups is 2. The molecule has 21 heavy (non-hydrogen) atoms. The fraction of sp³-hybridized carbons (Fsp3) is 0.500. The van der Waals surface area contributed by atoms with Crippen LogP contribution in [0.2, 0.25) is 10.0 Å². The number of hydrogen-bond donors (Lipinski definition) is 0. The molecule has 2 aliphatic rings. The van der Waals surface area contributed by atoms with Crippen molar-refractivity contribution < 1.29 is 9.59 Å². The van der Waals surface area contributed by atoms with Crippen molar-refractivity contribution in [1.82, 2.24) is 4.90 Å². The summed E-state index contributed by atoms with van der Waals surface area (Å²) >= 11 is 12.3. The minimum absolute atomic E-state index is 0.00212. The number of rotatable bonds is 2. The van der Waals surface area contributed by atoms with Gasteiger partial charge in [0.1, 0.15) is 5.78 Å². The van der Waals surface area contributed by atoms with Gasteiger partial charge in [0.15, 0.2) is 0 Å². The van der Waals surface area contributed by atoms with Crippen molar-refractivity contribution in [2.45, 2.75) is 38.1 Å². The van der Waals surface area contributed by atoms with E-state index >= 15 is 0 Å². The average Bonchev–Trinajstić information content (AvgIpc) is 3.06. The maximum Gasteiger partial charge on any atom is 0.257 e. The Hall–Kier alpha value is -1.06. The lowest BCUT2D eigenvalue weighted by atomic mass is 9.94. The average molecular weight is 326 g/mol. The van der Waals surface area contributed by atoms with E-state index in [4.69, 9.17) is 23.2 Å². The highest BCUT2D eigenvalue weighted by Crippen LogP contribution is 2.35. The number of halogens is 2. The summed E-state index contributed by atoms with van der Waals surface area (Å²) in [7, 11) is 0. The third-order valence-corrected chi connectivity index (χ3v) is 5.18. The van der Waals surface area contributed by atoms with Crippen molar-refractivity contribution in [2.75, 3.05) is 6.54 Å². The second kappa shape index (κ2) is 5.98. The molecule has 0 radical (unpaired) electrons. The summed E-state index contributed by atoms with van der Waals surface area (Å²) in [4.78, 5) is 26.6. The van der Waals surface area contributed by atoms with Crippen LogP contribution in [0, 0.1) is 5.92 Å². The van der Waals surface area contributed by atoms with E-state index in [-0.39, 0.29) is 17.9 Å². The summed E-state index contributed by atoms with van der Waals surface area (Å²) in [5.41, 5.74) is 0.359. The van der Waals surface area contributed by atoms with Crippen LogP contribution in [0.15, 0.2) is 18.2 Å². The third kappa shape index (κ3) is 2.69. The van der Waals surface area contributed by atoms with Crippen LogP contribution in [0.1, 0.15) is 42.5 Å². The molecule has 0 bridgehead atoms. The van der Waals surface area contributed by atoms with Crippen LogP contribution in [0.25, 0.3) is 0 Å². The Morgan fingerprint density at radius 1 is 1.14 bits per heavy atom. The minimum atomic E-state index is -0.146. The Kier molecular flexibility index (Phi) is 4.23. The Bertz CT molecular complexity index is 567. The predicted octanol–water partition coefficient (Wildman–Crippen LogP) is 3.97. The lowest BCUT2D eigenvalue weighted by Gasteiger charge is -2.29. The minimum Gasteiger partial charge on any atom is -0.335 e. The first-order valence-electron chi connectivity index (χ1n) is 7.37. The van der Waals surface area contributed by atoms with Crippen molar-refractivity contribution in [3.63, 3.8) is 0 Å². The first kappa shape index (κ1) is 14.9. The number of Topliss-reactive ketones (excluding diaryl/α,β-unsaturated/α-hetero) is 1. The first-order valence-corrected chi connectivity index (χ1v) is 8.13. The van der Waals surface area contributed by atoms with Crippen LogP contribution < -0.4 is 0 Å². The van der Waals surface area contributed by atoms with E-state index in [1.54, 1.807) is 23.1 Å². The topological polar surface area (TPSA) is 37.4 Å². The molecule has 0 N–H and O–H groups in total. The maximum absolute atomic E-state index is 12.8. The molecule has 112 valence electrons. The van der Waals surface area contributed by atoms with E-state index in [0.717, 1.165) is 25.7 Å². The second-order valence-corrected chi connectivity index (χ2v) is 6.58. The zero-order valence-electron chi connectivity index (χ0n) is 11.6. The van der Waals surface area contributed by atoms with E-state index in [1.807, 2.05) is 0 Å². The van der Waals surface area contributed by atoms with Gasteiger partial charge in [0.2, 0.25) is 0 Å². The van der Waals surface area contributed by atoms with Gasteiger partial charge in [0.05, 0.1) is 15.6 Å². The van der Waals surface area contributed by atoms with E-state index in [9.17, 15) is 9.59 Å². The second-order valence-electron chi connectivity index (χ2n) is 5.77. The Balaban J connectivity index is 1.88. The number of likely N-dealkylation sites (tertiary alicyclic amines) is 1. The zero-order chi connectivity index (χ0) is 15.0. The summed E-state index contributed by atoms with van der Waals surface area (Å²) in [6, 6.07) is 5.09. The lowest BCUT2D eigenvalue weighted by Crippen LogP contribution is -2.41. The summed E-state index contributed by atoms with van der Waals surface area (Å²) < 4.78 is 0. The van der Waals surface area contributed by atoms with Crippen LogP contribution in [0.5, 0.6) is 0 Å². The van der Waals surface area contributed by atoms with E-state index in [1.165, 1.54) is 0 Å². The molecule has 1 saturated carbocycles. The number of nitrogens with zero attached hydrogens (tertiary/aromatic N) is 1. The molecule has 3 rings (SSSR count). The van der Waals surface area contributed by atoms with Gasteiger partial charge < -0.3 is 4.90 Å². The molecule has 1 amide bonds. The van der Waals surface area contributed by atoms with Gasteiger partial charge in [0.25, 0.3) is 5.91 Å². The fourth-order valence-corrected chi connectivity index (χ4v) is 4.12. The molecule has 0 spiro atoms. The van der Waals surface area contributed by atoms with E-state index in [0.29, 0.717) is 34.4 Å². The lowest BCUT2D eigenvalue weighted by molar-refractivity contribution is -0.121. The molecular formula is C16H17Cl2NO2. The molecule has 5 heteroatoms. The summed E-state index contributed by atoms with van der Waals surface area (Å²) in [5, 5.41) is 0.742. The molecule has 2 fully saturated rings. The van der Waals surface area contributed by atoms with Gasteiger partial charge in [-0.25, -0.2) is 0 Å². The molecule has 1 saturated heterocycles. The molecule has 1 aromatic rings. The highest BCUT2D eigenvalue weighted by atomic mass is 35.5. The molecule has 2 atom stereocenters. The van der Waals surface area contributed by atoms with Crippen LogP contribution >= 0.6 is 23.2 Å². The van der Waals surface area contributed by atoms with Gasteiger partial charge in [-0.3, -0.25) is 9.59 Å². The third-order valence-electron chi connectivity index (χ3n) is 4.55. The molecule has 3 nitrogen and oxygen atoms in total. The van der Waals surface area contributed by atoms with Gasteiger partial charge in [-0.05, 0) is 37.8 Å². The van der Waals surface area contributed by atoms with Gasteiger partial charge in [0, 0.05) is 24.9 Å². The fourth-order valence-electron chi connectivity index (χ4n) is 3.56. The first-order chi connectivity index (χ1) is 10.1. The number of hydrogen-bond acceptors (Lipinski definition) is 2. The van der Waals surface area contributed by atoms with Crippen molar-refractivity contribution in [1.29, 1.82) is 0 Å². The van der Waals surface area contributed by atoms with Crippen molar-refractivity contribution in [3.05, 3.63) is 33.8 Å². The zero-order valence-corrected chi connectivity index (χ0v) is 13.2. The van der Waals surface area contributed by atoms with Crippen molar-refractivity contribution in [3.8, 4) is 0 Å². The summed E-state index contributed by atoms with van der Waals surface area (Å²) in [6.45, 7) is 0.675. The van der Waals surface area contributed by atoms with Crippen molar-refractivity contribution >= 4 is 34.9 Å². The molecule has 1 heterocycles. The molecule has 1 aliphatic carbocycles. The SMILES string of the molecule is O=C1CCCC1C1CCCN1C(=O)c1c(Cl)cccc1Cl. The molecule has 2 unspecified atom stereocenters. The Morgan fingerprint density at radius 3 is 2.48 bits per heavy atom. The van der Waals surface area contributed by atoms with E-state index < -0.39 is 0 Å². The molecule has 0 aromatic heterocycles. The predicted molar refractivity (Wildman–Crippen MR) is 82.9 cm³/mol. The van der Waals surface area contributed by atoms with Crippen LogP contribution in [0.3, 0.4) is 0 Å². The number of carbonyl (C=O) groups excluding carboxylic acids is 2. The maximum atomic E-state index is 12.8. The largest absolute Gasteiger partial charge is 0.335 e. The number of ketones is 1. The summed E-state index contributed by atoms with van der Waals surface area (Å²) in [6.07, 6.45) is 4.31. The highest BCUT2D eigenvalue weighted by Gasteiger charge is 2.40. The van der Waals surface area contributed by atoms with Crippen LogP contribution in [0.4, 0.5) is 0 Å². The quantitative estimate of drug-likeness (QED) is 0.825. The standard InChI is InChI=1S/C16H17Cl2NO2/c17-11-5-2-6-12(18)15(11)16(21)19-9-3-7-13(19)10-4-1-8-14(10)20/h2,5-6,10,13H,1,3-4,7-9H2. The van der Waals surface area contributed by atoms with Gasteiger partial charge in [-0.2, -0.15) is 0 Å². The molecule has 1 aromatic carbocycles. The Labute approximate surface area is 134 Å². The highest BCUT2D eigenvalue weighted by molar-refractivity contribution is 6.39. The summed E-state index contributed by atoms with van der Waals surface area (Å²) in [5.74, 6) is 0.149. The normalized spacial score (nSPS) is 25.6. The van der Waals surface area contributed by atoms with Gasteiger partial charge in [-0.15, -0.1) is 0 Å². The smallest absolute Gasteiger partial charge is 0.257 e. The van der Waals surface area contributed by atoms with Crippen LogP contribution in [-0.2, 0) is 4.79 Å². The van der Waals surface area contributed by atoms with Crippen LogP contribution in [-0.4, -0.2) is 29.2 Å². The number of benzene rings is 1.